The molecule has 1 aliphatic rings. The van der Waals surface area contributed by atoms with E-state index in [9.17, 15) is 9.59 Å². The fourth-order valence-corrected chi connectivity index (χ4v) is 4.08. The largest absolute Gasteiger partial charge is 0.467 e. The maximum atomic E-state index is 13.4. The summed E-state index contributed by atoms with van der Waals surface area (Å²) >= 11 is 0. The van der Waals surface area contributed by atoms with Crippen molar-refractivity contribution >= 4 is 11.8 Å². The predicted molar refractivity (Wildman–Crippen MR) is 119 cm³/mol. The van der Waals surface area contributed by atoms with Gasteiger partial charge in [-0.25, -0.2) is 0 Å². The summed E-state index contributed by atoms with van der Waals surface area (Å²) in [5, 5.41) is 0. The zero-order chi connectivity index (χ0) is 22.2. The van der Waals surface area contributed by atoms with Gasteiger partial charge in [-0.15, -0.1) is 0 Å². The molecular weight excluding hydrogens is 392 g/mol. The number of nitrogens with zero attached hydrogens (tertiary/aromatic N) is 2. The molecule has 0 saturated carbocycles. The van der Waals surface area contributed by atoms with Gasteiger partial charge in [0.15, 0.2) is 0 Å². The lowest BCUT2D eigenvalue weighted by atomic mass is 9.94. The molecule has 1 saturated heterocycles. The van der Waals surface area contributed by atoms with Crippen molar-refractivity contribution in [3.05, 3.63) is 60.1 Å². The van der Waals surface area contributed by atoms with Crippen molar-refractivity contribution in [2.75, 3.05) is 19.7 Å². The van der Waals surface area contributed by atoms with Crippen molar-refractivity contribution in [3.63, 3.8) is 0 Å². The van der Waals surface area contributed by atoms with Crippen LogP contribution in [0.4, 0.5) is 0 Å². The van der Waals surface area contributed by atoms with Gasteiger partial charge in [0.25, 0.3) is 0 Å². The van der Waals surface area contributed by atoms with Crippen LogP contribution in [0.1, 0.15) is 57.3 Å². The second kappa shape index (κ2) is 11.1. The third-order valence-corrected chi connectivity index (χ3v) is 5.85. The number of hydrogen-bond acceptors (Lipinski definition) is 4. The minimum atomic E-state index is -0.256. The molecule has 2 atom stereocenters. The molecule has 1 aliphatic heterocycles. The van der Waals surface area contributed by atoms with Crippen LogP contribution in [0.15, 0.2) is 53.1 Å². The average molecular weight is 427 g/mol. The lowest BCUT2D eigenvalue weighted by molar-refractivity contribution is -0.144. The van der Waals surface area contributed by atoms with Crippen LogP contribution in [0.3, 0.4) is 0 Å². The monoisotopic (exact) mass is 426 g/mol. The molecule has 2 amide bonds. The molecule has 0 N–H and O–H groups in total. The van der Waals surface area contributed by atoms with E-state index in [1.54, 1.807) is 16.1 Å². The number of ether oxygens (including phenoxy) is 1. The minimum absolute atomic E-state index is 0.00730. The van der Waals surface area contributed by atoms with Gasteiger partial charge >= 0.3 is 0 Å². The van der Waals surface area contributed by atoms with E-state index in [2.05, 4.69) is 0 Å². The first kappa shape index (κ1) is 23.1. The predicted octanol–water partition coefficient (Wildman–Crippen LogP) is 4.22. The topological polar surface area (TPSA) is 63.0 Å². The van der Waals surface area contributed by atoms with E-state index < -0.39 is 0 Å². The molecule has 0 spiro atoms. The Morgan fingerprint density at radius 3 is 2.48 bits per heavy atom. The third kappa shape index (κ3) is 6.20. The highest BCUT2D eigenvalue weighted by molar-refractivity contribution is 5.88. The first-order valence-electron chi connectivity index (χ1n) is 11.3. The molecule has 0 radical (unpaired) electrons. The Hall–Kier alpha value is -2.60. The normalized spacial score (nSPS) is 17.0. The molecule has 2 aromatic rings. The van der Waals surface area contributed by atoms with Crippen molar-refractivity contribution < 1.29 is 18.7 Å². The maximum absolute atomic E-state index is 13.4. The summed E-state index contributed by atoms with van der Waals surface area (Å²) in [4.78, 5) is 30.3. The van der Waals surface area contributed by atoms with Crippen molar-refractivity contribution in [1.29, 1.82) is 0 Å². The number of benzene rings is 1. The molecule has 2 heterocycles. The zero-order valence-corrected chi connectivity index (χ0v) is 18.8. The highest BCUT2D eigenvalue weighted by atomic mass is 16.5. The number of hydrogen-bond donors (Lipinski definition) is 0. The van der Waals surface area contributed by atoms with Gasteiger partial charge in [-0.2, -0.15) is 0 Å². The lowest BCUT2D eigenvalue weighted by Crippen LogP contribution is -2.48. The summed E-state index contributed by atoms with van der Waals surface area (Å²) in [6, 6.07) is 13.4. The number of carbonyl (C=O) groups excluding carboxylic acids is 2. The quantitative estimate of drug-likeness (QED) is 0.571. The second-order valence-electron chi connectivity index (χ2n) is 8.42. The van der Waals surface area contributed by atoms with Gasteiger partial charge in [0.2, 0.25) is 11.8 Å². The Bertz CT molecular complexity index is 813. The molecular formula is C25H34N2O4. The van der Waals surface area contributed by atoms with Gasteiger partial charge < -0.3 is 19.0 Å². The van der Waals surface area contributed by atoms with Gasteiger partial charge in [0.05, 0.1) is 24.8 Å². The van der Waals surface area contributed by atoms with E-state index in [4.69, 9.17) is 9.15 Å². The first-order chi connectivity index (χ1) is 15.0. The Kier molecular flexibility index (Phi) is 8.29. The van der Waals surface area contributed by atoms with E-state index in [1.165, 1.54) is 0 Å². The van der Waals surface area contributed by atoms with Crippen LogP contribution in [0.5, 0.6) is 0 Å². The molecule has 31 heavy (non-hydrogen) atoms. The molecule has 168 valence electrons. The van der Waals surface area contributed by atoms with Crippen LogP contribution < -0.4 is 0 Å². The van der Waals surface area contributed by atoms with Crippen LogP contribution in [0.2, 0.25) is 0 Å². The van der Waals surface area contributed by atoms with E-state index in [0.29, 0.717) is 19.5 Å². The average Bonchev–Trinajstić information content (AvgIpc) is 3.46. The lowest BCUT2D eigenvalue weighted by Gasteiger charge is -2.33. The molecule has 1 aromatic heterocycles. The van der Waals surface area contributed by atoms with Crippen molar-refractivity contribution in [2.45, 2.75) is 64.6 Å². The van der Waals surface area contributed by atoms with Gasteiger partial charge in [0.1, 0.15) is 12.3 Å². The molecule has 1 aromatic carbocycles. The summed E-state index contributed by atoms with van der Waals surface area (Å²) in [7, 11) is 0. The van der Waals surface area contributed by atoms with E-state index in [0.717, 1.165) is 30.8 Å². The van der Waals surface area contributed by atoms with Crippen LogP contribution in [-0.2, 0) is 20.9 Å². The van der Waals surface area contributed by atoms with Crippen LogP contribution >= 0.6 is 0 Å². The molecule has 6 heteroatoms. The highest BCUT2D eigenvalue weighted by Crippen LogP contribution is 2.23. The number of carbonyl (C=O) groups is 2. The Morgan fingerprint density at radius 1 is 1.13 bits per heavy atom. The fourth-order valence-electron chi connectivity index (χ4n) is 4.08. The number of furan rings is 1. The Morgan fingerprint density at radius 2 is 1.90 bits per heavy atom. The van der Waals surface area contributed by atoms with E-state index in [-0.39, 0.29) is 36.4 Å². The van der Waals surface area contributed by atoms with Gasteiger partial charge in [-0.05, 0) is 50.8 Å². The smallest absolute Gasteiger partial charge is 0.242 e. The van der Waals surface area contributed by atoms with E-state index in [1.807, 2.05) is 63.2 Å². The van der Waals surface area contributed by atoms with Crippen molar-refractivity contribution in [2.24, 2.45) is 0 Å². The van der Waals surface area contributed by atoms with Gasteiger partial charge in [-0.3, -0.25) is 9.59 Å². The summed E-state index contributed by atoms with van der Waals surface area (Å²) in [5.41, 5.74) is 0.986. The molecule has 0 aliphatic carbocycles. The number of amides is 2. The van der Waals surface area contributed by atoms with Crippen LogP contribution in [0.25, 0.3) is 0 Å². The molecule has 0 bridgehead atoms. The Balaban J connectivity index is 1.74. The maximum Gasteiger partial charge on any atom is 0.242 e. The van der Waals surface area contributed by atoms with E-state index >= 15 is 0 Å². The number of rotatable bonds is 10. The third-order valence-electron chi connectivity index (χ3n) is 5.85. The highest BCUT2D eigenvalue weighted by Gasteiger charge is 2.30. The van der Waals surface area contributed by atoms with Crippen molar-refractivity contribution in [1.82, 2.24) is 9.80 Å². The molecule has 6 nitrogen and oxygen atoms in total. The van der Waals surface area contributed by atoms with Crippen LogP contribution in [0, 0.1) is 0 Å². The summed E-state index contributed by atoms with van der Waals surface area (Å²) in [6.07, 6.45) is 4.29. The standard InChI is InChI=1S/C25H34N2O4/c1-4-23(20-10-6-5-7-11-20)25(29)27(19(2)3)18-24(28)26(16-21-12-8-14-30-21)17-22-13-9-15-31-22/h5-8,10-12,14,19,22-23H,4,9,13,15-18H2,1-3H3/t22-,23+/m0/s1. The second-order valence-corrected chi connectivity index (χ2v) is 8.42. The molecule has 0 unspecified atom stereocenters. The first-order valence-corrected chi connectivity index (χ1v) is 11.3. The van der Waals surface area contributed by atoms with Crippen molar-refractivity contribution in [3.8, 4) is 0 Å². The molecule has 3 rings (SSSR count). The Labute approximate surface area is 185 Å². The summed E-state index contributed by atoms with van der Waals surface area (Å²) in [5.74, 6) is 0.376. The van der Waals surface area contributed by atoms with Crippen LogP contribution in [-0.4, -0.2) is 53.5 Å². The molecule has 1 fully saturated rings. The summed E-state index contributed by atoms with van der Waals surface area (Å²) in [6.45, 7) is 7.60. The minimum Gasteiger partial charge on any atom is -0.467 e. The van der Waals surface area contributed by atoms with Gasteiger partial charge in [0, 0.05) is 19.2 Å². The zero-order valence-electron chi connectivity index (χ0n) is 18.8. The summed E-state index contributed by atoms with van der Waals surface area (Å²) < 4.78 is 11.2. The van der Waals surface area contributed by atoms with Gasteiger partial charge in [-0.1, -0.05) is 37.3 Å². The fraction of sp³-hybridized carbons (Fsp3) is 0.520. The SMILES string of the molecule is CC[C@@H](C(=O)N(CC(=O)N(Cc1ccco1)C[C@@H]1CCCO1)C(C)C)c1ccccc1.